The highest BCUT2D eigenvalue weighted by atomic mass is 16.2. The summed E-state index contributed by atoms with van der Waals surface area (Å²) in [7, 11) is 1.75. The molecule has 3 N–H and O–H groups in total. The number of hydrogen-bond acceptors (Lipinski definition) is 2. The van der Waals surface area contributed by atoms with Gasteiger partial charge in [0.05, 0.1) is 11.2 Å². The van der Waals surface area contributed by atoms with E-state index < -0.39 is 5.54 Å². The Balaban J connectivity index is 2.14. The number of hydrogen-bond donors (Lipinski definition) is 2. The number of carbonyl (C=O) groups is 1. The van der Waals surface area contributed by atoms with Crippen LogP contribution < -0.4 is 10.6 Å². The molecule has 0 radical (unpaired) electrons. The van der Waals surface area contributed by atoms with Gasteiger partial charge in [-0.25, -0.2) is 0 Å². The van der Waals surface area contributed by atoms with Crippen LogP contribution in [0.25, 0.3) is 0 Å². The molecule has 0 spiro atoms. The van der Waals surface area contributed by atoms with Gasteiger partial charge in [-0.2, -0.15) is 0 Å². The van der Waals surface area contributed by atoms with E-state index in [1.165, 1.54) is 0 Å². The third-order valence-corrected chi connectivity index (χ3v) is 2.49. The second kappa shape index (κ2) is 2.60. The zero-order valence-electron chi connectivity index (χ0n) is 7.58. The number of likely N-dealkylation sites (N-methyl/N-ethyl adjacent to an activating group) is 1. The Labute approximate surface area is 76.7 Å². The van der Waals surface area contributed by atoms with Crippen LogP contribution in [0.4, 0.5) is 5.69 Å². The van der Waals surface area contributed by atoms with Crippen molar-refractivity contribution in [3.05, 3.63) is 18.5 Å². The Morgan fingerprint density at radius 3 is 2.85 bits per heavy atom. The van der Waals surface area contributed by atoms with Crippen LogP contribution in [0.3, 0.4) is 0 Å². The van der Waals surface area contributed by atoms with Gasteiger partial charge in [0, 0.05) is 19.4 Å². The first-order valence-corrected chi connectivity index (χ1v) is 4.33. The van der Waals surface area contributed by atoms with Crippen molar-refractivity contribution in [2.24, 2.45) is 5.73 Å². The molecule has 1 saturated carbocycles. The van der Waals surface area contributed by atoms with Crippen molar-refractivity contribution in [2.45, 2.75) is 18.4 Å². The topological polar surface area (TPSA) is 62.1 Å². The standard InChI is InChI=1S/C9H13N3O/c1-12(7-2-5-11-6-7)8(13)9(10)3-4-9/h2,5-6,11H,3-4,10H2,1H3. The van der Waals surface area contributed by atoms with E-state index in [4.69, 9.17) is 5.73 Å². The maximum atomic E-state index is 11.7. The fraction of sp³-hybridized carbons (Fsp3) is 0.444. The van der Waals surface area contributed by atoms with Crippen molar-refractivity contribution in [1.29, 1.82) is 0 Å². The average Bonchev–Trinajstić information content (AvgIpc) is 2.71. The Kier molecular flexibility index (Phi) is 1.66. The van der Waals surface area contributed by atoms with Crippen molar-refractivity contribution in [2.75, 3.05) is 11.9 Å². The molecule has 1 aliphatic rings. The SMILES string of the molecule is CN(C(=O)C1(N)CC1)c1cc[nH]c1. The molecule has 0 bridgehead atoms. The van der Waals surface area contributed by atoms with Gasteiger partial charge in [0.15, 0.2) is 0 Å². The predicted molar refractivity (Wildman–Crippen MR) is 50.4 cm³/mol. The van der Waals surface area contributed by atoms with E-state index in [-0.39, 0.29) is 5.91 Å². The molecule has 1 aromatic heterocycles. The molecule has 4 nitrogen and oxygen atoms in total. The lowest BCUT2D eigenvalue weighted by Crippen LogP contribution is -2.43. The number of aromatic nitrogens is 1. The predicted octanol–water partition coefficient (Wildman–Crippen LogP) is 0.469. The van der Waals surface area contributed by atoms with Gasteiger partial charge >= 0.3 is 0 Å². The number of nitrogens with two attached hydrogens (primary N) is 1. The lowest BCUT2D eigenvalue weighted by atomic mass is 10.2. The van der Waals surface area contributed by atoms with Crippen LogP contribution in [0, 0.1) is 0 Å². The average molecular weight is 179 g/mol. The lowest BCUT2D eigenvalue weighted by Gasteiger charge is -2.19. The fourth-order valence-corrected chi connectivity index (χ4v) is 1.32. The molecule has 0 aromatic carbocycles. The van der Waals surface area contributed by atoms with Gasteiger partial charge in [-0.1, -0.05) is 0 Å². The number of nitrogens with zero attached hydrogens (tertiary/aromatic N) is 1. The van der Waals surface area contributed by atoms with Crippen LogP contribution >= 0.6 is 0 Å². The Morgan fingerprint density at radius 2 is 2.38 bits per heavy atom. The van der Waals surface area contributed by atoms with Crippen molar-refractivity contribution in [3.63, 3.8) is 0 Å². The minimum absolute atomic E-state index is 0.00657. The number of nitrogens with one attached hydrogen (secondary N) is 1. The third kappa shape index (κ3) is 1.33. The van der Waals surface area contributed by atoms with Gasteiger partial charge in [0.2, 0.25) is 5.91 Å². The monoisotopic (exact) mass is 179 g/mol. The van der Waals surface area contributed by atoms with Crippen LogP contribution in [-0.2, 0) is 4.79 Å². The Hall–Kier alpha value is -1.29. The van der Waals surface area contributed by atoms with E-state index >= 15 is 0 Å². The van der Waals surface area contributed by atoms with E-state index in [1.807, 2.05) is 6.07 Å². The summed E-state index contributed by atoms with van der Waals surface area (Å²) in [6.07, 6.45) is 5.18. The molecule has 1 heterocycles. The molecule has 2 rings (SSSR count). The summed E-state index contributed by atoms with van der Waals surface area (Å²) in [4.78, 5) is 16.2. The molecular formula is C9H13N3O. The van der Waals surface area contributed by atoms with Gasteiger partial charge in [-0.15, -0.1) is 0 Å². The van der Waals surface area contributed by atoms with E-state index in [2.05, 4.69) is 4.98 Å². The maximum absolute atomic E-state index is 11.7. The van der Waals surface area contributed by atoms with Crippen molar-refractivity contribution >= 4 is 11.6 Å². The van der Waals surface area contributed by atoms with Gasteiger partial charge in [0.1, 0.15) is 0 Å². The fourth-order valence-electron chi connectivity index (χ4n) is 1.32. The van der Waals surface area contributed by atoms with E-state index in [1.54, 1.807) is 24.3 Å². The minimum atomic E-state index is -0.577. The van der Waals surface area contributed by atoms with Crippen LogP contribution in [0.2, 0.25) is 0 Å². The number of amides is 1. The van der Waals surface area contributed by atoms with Crippen LogP contribution in [-0.4, -0.2) is 23.5 Å². The normalized spacial score (nSPS) is 18.3. The van der Waals surface area contributed by atoms with Gasteiger partial charge in [-0.05, 0) is 18.9 Å². The molecule has 0 unspecified atom stereocenters. The number of anilines is 1. The molecule has 0 atom stereocenters. The molecule has 13 heavy (non-hydrogen) atoms. The van der Waals surface area contributed by atoms with Gasteiger partial charge < -0.3 is 15.6 Å². The van der Waals surface area contributed by atoms with Crippen molar-refractivity contribution < 1.29 is 4.79 Å². The highest BCUT2D eigenvalue weighted by Crippen LogP contribution is 2.34. The first kappa shape index (κ1) is 8.31. The van der Waals surface area contributed by atoms with Crippen LogP contribution in [0.1, 0.15) is 12.8 Å². The molecule has 0 saturated heterocycles. The molecular weight excluding hydrogens is 166 g/mol. The Bertz CT molecular complexity index is 314. The summed E-state index contributed by atoms with van der Waals surface area (Å²) >= 11 is 0. The summed E-state index contributed by atoms with van der Waals surface area (Å²) < 4.78 is 0. The summed E-state index contributed by atoms with van der Waals surface area (Å²) in [6.45, 7) is 0. The van der Waals surface area contributed by atoms with Gasteiger partial charge in [-0.3, -0.25) is 4.79 Å². The molecule has 70 valence electrons. The van der Waals surface area contributed by atoms with Crippen molar-refractivity contribution in [1.82, 2.24) is 4.98 Å². The molecule has 1 aliphatic carbocycles. The first-order valence-electron chi connectivity index (χ1n) is 4.33. The summed E-state index contributed by atoms with van der Waals surface area (Å²) in [5, 5.41) is 0. The number of carbonyl (C=O) groups excluding carboxylic acids is 1. The number of H-pyrrole nitrogens is 1. The van der Waals surface area contributed by atoms with E-state index in [0.717, 1.165) is 18.5 Å². The Morgan fingerprint density at radius 1 is 1.69 bits per heavy atom. The number of rotatable bonds is 2. The zero-order valence-corrected chi connectivity index (χ0v) is 7.58. The van der Waals surface area contributed by atoms with Gasteiger partial charge in [0.25, 0.3) is 0 Å². The summed E-state index contributed by atoms with van der Waals surface area (Å²) in [5.41, 5.74) is 6.08. The first-order chi connectivity index (χ1) is 6.13. The zero-order chi connectivity index (χ0) is 9.47. The summed E-state index contributed by atoms with van der Waals surface area (Å²) in [5.74, 6) is 0.00657. The summed E-state index contributed by atoms with van der Waals surface area (Å²) in [6, 6.07) is 1.85. The highest BCUT2D eigenvalue weighted by Gasteiger charge is 2.47. The molecule has 1 fully saturated rings. The number of aromatic amines is 1. The van der Waals surface area contributed by atoms with Crippen molar-refractivity contribution in [3.8, 4) is 0 Å². The largest absolute Gasteiger partial charge is 0.366 e. The second-order valence-electron chi connectivity index (χ2n) is 3.59. The lowest BCUT2D eigenvalue weighted by molar-refractivity contribution is -0.120. The molecule has 1 aromatic rings. The second-order valence-corrected chi connectivity index (χ2v) is 3.59. The molecule has 4 heteroatoms. The molecule has 0 aliphatic heterocycles. The van der Waals surface area contributed by atoms with Crippen LogP contribution in [0.15, 0.2) is 18.5 Å². The van der Waals surface area contributed by atoms with Crippen LogP contribution in [0.5, 0.6) is 0 Å². The third-order valence-electron chi connectivity index (χ3n) is 2.49. The van der Waals surface area contributed by atoms with E-state index in [9.17, 15) is 4.79 Å². The smallest absolute Gasteiger partial charge is 0.246 e. The molecule has 1 amide bonds. The minimum Gasteiger partial charge on any atom is -0.366 e. The highest BCUT2D eigenvalue weighted by molar-refractivity contribution is 6.01. The quantitative estimate of drug-likeness (QED) is 0.693. The maximum Gasteiger partial charge on any atom is 0.246 e. The van der Waals surface area contributed by atoms with E-state index in [0.29, 0.717) is 0 Å².